The van der Waals surface area contributed by atoms with Crippen molar-refractivity contribution >= 4 is 5.97 Å². The van der Waals surface area contributed by atoms with Gasteiger partial charge in [0.05, 0.1) is 23.7 Å². The van der Waals surface area contributed by atoms with Crippen molar-refractivity contribution < 1.29 is 19.4 Å². The Bertz CT molecular complexity index is 1460. The zero-order valence-corrected chi connectivity index (χ0v) is 24.9. The molecule has 2 heterocycles. The Morgan fingerprint density at radius 1 is 1.09 bits per heavy atom. The number of hydrazine groups is 1. The van der Waals surface area contributed by atoms with Crippen molar-refractivity contribution in [3.63, 3.8) is 0 Å². The number of benzene rings is 2. The molecule has 9 nitrogen and oxygen atoms in total. The largest absolute Gasteiger partial charge is 0.490 e. The zero-order valence-electron chi connectivity index (χ0n) is 24.9. The van der Waals surface area contributed by atoms with Gasteiger partial charge in [-0.1, -0.05) is 43.5 Å². The maximum Gasteiger partial charge on any atom is 0.339 e. The summed E-state index contributed by atoms with van der Waals surface area (Å²) in [5.74, 6) is 6.74. The summed E-state index contributed by atoms with van der Waals surface area (Å²) in [6, 6.07) is 16.4. The van der Waals surface area contributed by atoms with Gasteiger partial charge in [-0.3, -0.25) is 0 Å². The van der Waals surface area contributed by atoms with E-state index in [4.69, 9.17) is 21.1 Å². The van der Waals surface area contributed by atoms with Gasteiger partial charge in [0.25, 0.3) is 0 Å². The molecule has 0 radical (unpaired) electrons. The molecule has 2 unspecified atom stereocenters. The third kappa shape index (κ3) is 6.58. The SMILES string of the molecule is CC(Oc1cccc(-c2cccc(-n3ncc(C(=O)O)c3[C@@H]3CC3/C(N)=C/N(N)C3CCOCC3)c2)c1)C1CCCCC1. The summed E-state index contributed by atoms with van der Waals surface area (Å²) in [6.45, 7) is 3.57. The van der Waals surface area contributed by atoms with E-state index in [1.165, 1.54) is 38.3 Å². The Kier molecular flexibility index (Phi) is 8.72. The highest BCUT2D eigenvalue weighted by molar-refractivity contribution is 5.89. The number of hydrogen-bond donors (Lipinski definition) is 3. The normalized spacial score (nSPS) is 22.2. The molecule has 3 aliphatic rings. The predicted octanol–water partition coefficient (Wildman–Crippen LogP) is 5.84. The molecule has 0 amide bonds. The fourth-order valence-electron chi connectivity index (χ4n) is 6.79. The van der Waals surface area contributed by atoms with Gasteiger partial charge in [0.2, 0.25) is 0 Å². The van der Waals surface area contributed by atoms with Crippen LogP contribution in [0.25, 0.3) is 16.8 Å². The van der Waals surface area contributed by atoms with Crippen LogP contribution in [-0.4, -0.2) is 51.2 Å². The lowest BCUT2D eigenvalue weighted by Crippen LogP contribution is -2.41. The van der Waals surface area contributed by atoms with Crippen LogP contribution in [0.3, 0.4) is 0 Å². The van der Waals surface area contributed by atoms with Crippen molar-refractivity contribution in [1.82, 2.24) is 14.8 Å². The summed E-state index contributed by atoms with van der Waals surface area (Å²) in [4.78, 5) is 12.2. The van der Waals surface area contributed by atoms with E-state index in [1.54, 1.807) is 9.69 Å². The van der Waals surface area contributed by atoms with Gasteiger partial charge in [-0.05, 0) is 80.3 Å². The Balaban J connectivity index is 1.22. The highest BCUT2D eigenvalue weighted by Gasteiger charge is 2.45. The average molecular weight is 586 g/mol. The summed E-state index contributed by atoms with van der Waals surface area (Å²) < 4.78 is 13.6. The lowest BCUT2D eigenvalue weighted by Gasteiger charge is -2.30. The summed E-state index contributed by atoms with van der Waals surface area (Å²) in [6.07, 6.45) is 12.3. The first-order chi connectivity index (χ1) is 20.9. The first-order valence-electron chi connectivity index (χ1n) is 15.7. The summed E-state index contributed by atoms with van der Waals surface area (Å²) >= 11 is 0. The first kappa shape index (κ1) is 29.3. The second-order valence-corrected chi connectivity index (χ2v) is 12.3. The molecule has 43 heavy (non-hydrogen) atoms. The number of allylic oxidation sites excluding steroid dienone is 1. The van der Waals surface area contributed by atoms with Crippen molar-refractivity contribution in [3.8, 4) is 22.6 Å². The molecule has 1 saturated heterocycles. The number of aromatic carboxylic acids is 1. The molecule has 1 aromatic heterocycles. The second kappa shape index (κ2) is 12.8. The predicted molar refractivity (Wildman–Crippen MR) is 166 cm³/mol. The molecule has 3 aromatic rings. The van der Waals surface area contributed by atoms with Crippen LogP contribution in [0.4, 0.5) is 0 Å². The monoisotopic (exact) mass is 585 g/mol. The molecular weight excluding hydrogens is 542 g/mol. The lowest BCUT2D eigenvalue weighted by atomic mass is 9.86. The van der Waals surface area contributed by atoms with E-state index in [-0.39, 0.29) is 29.5 Å². The van der Waals surface area contributed by atoms with Crippen LogP contribution in [0.2, 0.25) is 0 Å². The van der Waals surface area contributed by atoms with E-state index >= 15 is 0 Å². The lowest BCUT2D eigenvalue weighted by molar-refractivity contribution is 0.0490. The van der Waals surface area contributed by atoms with E-state index in [0.29, 0.717) is 30.5 Å². The maximum atomic E-state index is 12.2. The minimum atomic E-state index is -0.995. The number of ether oxygens (including phenoxy) is 2. The van der Waals surface area contributed by atoms with Crippen molar-refractivity contribution in [2.75, 3.05) is 13.2 Å². The number of nitrogens with zero attached hydrogens (tertiary/aromatic N) is 3. The third-order valence-electron chi connectivity index (χ3n) is 9.41. The van der Waals surface area contributed by atoms with Gasteiger partial charge in [-0.2, -0.15) is 5.10 Å². The smallest absolute Gasteiger partial charge is 0.339 e. The quantitative estimate of drug-likeness (QED) is 0.200. The summed E-state index contributed by atoms with van der Waals surface area (Å²) in [5.41, 5.74) is 10.9. The van der Waals surface area contributed by atoms with Gasteiger partial charge in [0.1, 0.15) is 11.3 Å². The number of nitrogens with two attached hydrogens (primary N) is 2. The molecule has 2 aromatic carbocycles. The number of carbonyl (C=O) groups is 1. The Labute approximate surface area is 253 Å². The number of hydrogen-bond acceptors (Lipinski definition) is 7. The molecular formula is C34H43N5O4. The molecule has 9 heteroatoms. The number of carboxylic acids is 1. The van der Waals surface area contributed by atoms with Crippen molar-refractivity contribution in [2.24, 2.45) is 23.4 Å². The number of aromatic nitrogens is 2. The topological polar surface area (TPSA) is 129 Å². The first-order valence-corrected chi connectivity index (χ1v) is 15.7. The molecule has 1 aliphatic heterocycles. The Morgan fingerprint density at radius 3 is 2.56 bits per heavy atom. The number of carboxylic acid groups (broad SMARTS) is 1. The van der Waals surface area contributed by atoms with Crippen LogP contribution in [0.5, 0.6) is 5.75 Å². The molecule has 2 saturated carbocycles. The highest BCUT2D eigenvalue weighted by atomic mass is 16.5. The van der Waals surface area contributed by atoms with Crippen molar-refractivity contribution in [1.29, 1.82) is 0 Å². The zero-order chi connectivity index (χ0) is 29.9. The molecule has 6 rings (SSSR count). The average Bonchev–Trinajstić information content (AvgIpc) is 3.71. The summed E-state index contributed by atoms with van der Waals surface area (Å²) in [5, 5.41) is 16.3. The fourth-order valence-corrected chi connectivity index (χ4v) is 6.79. The molecule has 3 fully saturated rings. The molecule has 0 bridgehead atoms. The van der Waals surface area contributed by atoms with Crippen LogP contribution >= 0.6 is 0 Å². The van der Waals surface area contributed by atoms with E-state index in [2.05, 4.69) is 36.3 Å². The maximum absolute atomic E-state index is 12.2. The molecule has 0 spiro atoms. The van der Waals surface area contributed by atoms with E-state index < -0.39 is 5.97 Å². The highest BCUT2D eigenvalue weighted by Crippen LogP contribution is 2.52. The van der Waals surface area contributed by atoms with E-state index in [0.717, 1.165) is 41.8 Å². The van der Waals surface area contributed by atoms with Crippen LogP contribution in [-0.2, 0) is 4.74 Å². The third-order valence-corrected chi connectivity index (χ3v) is 9.41. The van der Waals surface area contributed by atoms with Gasteiger partial charge in [0.15, 0.2) is 0 Å². The minimum Gasteiger partial charge on any atom is -0.490 e. The molecule has 3 atom stereocenters. The summed E-state index contributed by atoms with van der Waals surface area (Å²) in [7, 11) is 0. The van der Waals surface area contributed by atoms with Crippen LogP contribution in [0, 0.1) is 11.8 Å². The Morgan fingerprint density at radius 2 is 1.81 bits per heavy atom. The Hall–Kier alpha value is -3.82. The number of rotatable bonds is 10. The van der Waals surface area contributed by atoms with Gasteiger partial charge >= 0.3 is 5.97 Å². The van der Waals surface area contributed by atoms with Crippen LogP contribution in [0.15, 0.2) is 66.6 Å². The van der Waals surface area contributed by atoms with Gasteiger partial charge in [0, 0.05) is 43.0 Å². The van der Waals surface area contributed by atoms with Crippen LogP contribution < -0.4 is 16.3 Å². The minimum absolute atomic E-state index is 0.00241. The van der Waals surface area contributed by atoms with Crippen LogP contribution in [0.1, 0.15) is 80.3 Å². The van der Waals surface area contributed by atoms with E-state index in [9.17, 15) is 9.90 Å². The fraction of sp³-hybridized carbons (Fsp3) is 0.471. The van der Waals surface area contributed by atoms with Crippen molar-refractivity contribution in [3.05, 3.63) is 77.9 Å². The standard InChI is InChI=1S/C34H43N5O4/c1-22(23-7-3-2-4-8-23)43-28-12-6-10-25(18-28)24-9-5-11-27(17-24)39-33(31(20-37-39)34(40)41)30-19-29(30)32(35)21-38(36)26-13-15-42-16-14-26/h5-6,9-12,17-18,20-23,26,29-30H,2-4,7-8,13-16,19,35-36H2,1H3,(H,40,41)/b32-21-/t22?,29?,30-/m1/s1. The van der Waals surface area contributed by atoms with Gasteiger partial charge in [-0.25, -0.2) is 15.3 Å². The second-order valence-electron chi connectivity index (χ2n) is 12.3. The molecule has 2 aliphatic carbocycles. The van der Waals surface area contributed by atoms with Crippen molar-refractivity contribution in [2.45, 2.75) is 76.4 Å². The van der Waals surface area contributed by atoms with E-state index in [1.807, 2.05) is 30.5 Å². The van der Waals surface area contributed by atoms with Gasteiger partial charge in [-0.15, -0.1) is 0 Å². The van der Waals surface area contributed by atoms with Gasteiger partial charge < -0.3 is 25.3 Å². The molecule has 5 N–H and O–H groups in total. The molecule has 228 valence electrons.